The SMILES string of the molecule is C=CC(F)(F)c1ccc(S(=O)(=O)N2CCN(c3ccc(Cl)cc3Cl)C(c3ccc(Cl)cc3)C2)c(Cl)c1. The maximum Gasteiger partial charge on any atom is 0.291 e. The van der Waals surface area contributed by atoms with E-state index in [2.05, 4.69) is 6.58 Å². The maximum absolute atomic E-state index is 14.0. The summed E-state index contributed by atoms with van der Waals surface area (Å²) in [7, 11) is -4.11. The number of rotatable bonds is 6. The highest BCUT2D eigenvalue weighted by atomic mass is 35.5. The van der Waals surface area contributed by atoms with Crippen molar-refractivity contribution >= 4 is 62.1 Å². The zero-order valence-corrected chi connectivity index (χ0v) is 22.5. The number of halogens is 6. The normalized spacial score (nSPS) is 17.3. The number of alkyl halides is 2. The van der Waals surface area contributed by atoms with E-state index in [0.717, 1.165) is 23.8 Å². The predicted octanol–water partition coefficient (Wildman–Crippen LogP) is 7.83. The summed E-state index contributed by atoms with van der Waals surface area (Å²) in [6, 6.07) is 14.9. The van der Waals surface area contributed by atoms with E-state index in [0.29, 0.717) is 33.4 Å². The first-order valence-electron chi connectivity index (χ1n) is 10.7. The van der Waals surface area contributed by atoms with Gasteiger partial charge in [-0.05, 0) is 54.1 Å². The minimum Gasteiger partial charge on any atom is -0.361 e. The number of allylic oxidation sites excluding steroid dienone is 1. The standard InChI is InChI=1S/C25H20Cl4F2N2O2S/c1-2-25(30,31)17-5-10-24(21(29)13-17)36(34,35)32-11-12-33(22-9-8-19(27)14-20(22)28)23(15-32)16-3-6-18(26)7-4-16/h2-10,13-14,23H,1,11-12,15H2. The summed E-state index contributed by atoms with van der Waals surface area (Å²) >= 11 is 24.8. The van der Waals surface area contributed by atoms with Gasteiger partial charge in [-0.2, -0.15) is 13.1 Å². The van der Waals surface area contributed by atoms with Crippen molar-refractivity contribution in [1.29, 1.82) is 0 Å². The Bertz CT molecular complexity index is 1400. The summed E-state index contributed by atoms with van der Waals surface area (Å²) in [6.07, 6.45) is 0.477. The van der Waals surface area contributed by atoms with Crippen LogP contribution in [0.5, 0.6) is 0 Å². The van der Waals surface area contributed by atoms with E-state index in [-0.39, 0.29) is 23.0 Å². The van der Waals surface area contributed by atoms with Gasteiger partial charge in [-0.1, -0.05) is 71.2 Å². The summed E-state index contributed by atoms with van der Waals surface area (Å²) in [6.45, 7) is 3.60. The van der Waals surface area contributed by atoms with Crippen LogP contribution in [0.15, 0.2) is 78.2 Å². The fraction of sp³-hybridized carbons (Fsp3) is 0.200. The number of hydrogen-bond donors (Lipinski definition) is 0. The number of hydrogen-bond acceptors (Lipinski definition) is 3. The largest absolute Gasteiger partial charge is 0.361 e. The van der Waals surface area contributed by atoms with Crippen LogP contribution in [-0.2, 0) is 15.9 Å². The third-order valence-corrected chi connectivity index (χ3v) is 9.15. The molecule has 1 heterocycles. The Labute approximate surface area is 228 Å². The smallest absolute Gasteiger partial charge is 0.291 e. The minimum absolute atomic E-state index is 0.0593. The van der Waals surface area contributed by atoms with E-state index < -0.39 is 27.6 Å². The molecule has 36 heavy (non-hydrogen) atoms. The zero-order chi connectivity index (χ0) is 26.3. The Kier molecular flexibility index (Phi) is 7.91. The number of anilines is 1. The molecule has 0 saturated carbocycles. The average molecular weight is 592 g/mol. The molecule has 0 N–H and O–H groups in total. The van der Waals surface area contributed by atoms with Crippen LogP contribution in [0.4, 0.5) is 14.5 Å². The van der Waals surface area contributed by atoms with Gasteiger partial charge in [-0.25, -0.2) is 8.42 Å². The fourth-order valence-electron chi connectivity index (χ4n) is 4.12. The molecule has 3 aromatic carbocycles. The van der Waals surface area contributed by atoms with Crippen molar-refractivity contribution in [1.82, 2.24) is 4.31 Å². The van der Waals surface area contributed by atoms with Crippen LogP contribution in [0, 0.1) is 0 Å². The molecule has 1 saturated heterocycles. The molecule has 0 spiro atoms. The zero-order valence-electron chi connectivity index (χ0n) is 18.6. The minimum atomic E-state index is -4.11. The van der Waals surface area contributed by atoms with Gasteiger partial charge in [0.25, 0.3) is 5.92 Å². The Morgan fingerprint density at radius 1 is 0.889 bits per heavy atom. The Morgan fingerprint density at radius 2 is 1.56 bits per heavy atom. The Morgan fingerprint density at radius 3 is 2.17 bits per heavy atom. The quantitative estimate of drug-likeness (QED) is 0.274. The van der Waals surface area contributed by atoms with Crippen LogP contribution in [-0.4, -0.2) is 32.4 Å². The molecule has 0 bridgehead atoms. The first kappa shape index (κ1) is 27.2. The topological polar surface area (TPSA) is 40.6 Å². The van der Waals surface area contributed by atoms with Crippen molar-refractivity contribution in [3.05, 3.63) is 105 Å². The van der Waals surface area contributed by atoms with Gasteiger partial charge in [0.05, 0.1) is 21.8 Å². The van der Waals surface area contributed by atoms with Crippen molar-refractivity contribution in [3.63, 3.8) is 0 Å². The molecule has 1 aliphatic heterocycles. The van der Waals surface area contributed by atoms with Gasteiger partial charge in [0.15, 0.2) is 0 Å². The maximum atomic E-state index is 14.0. The van der Waals surface area contributed by atoms with Gasteiger partial charge in [-0.3, -0.25) is 0 Å². The van der Waals surface area contributed by atoms with Crippen LogP contribution in [0.3, 0.4) is 0 Å². The van der Waals surface area contributed by atoms with Crippen molar-refractivity contribution in [2.24, 2.45) is 0 Å². The van der Waals surface area contributed by atoms with Crippen LogP contribution in [0.1, 0.15) is 17.2 Å². The van der Waals surface area contributed by atoms with E-state index in [9.17, 15) is 17.2 Å². The lowest BCUT2D eigenvalue weighted by Crippen LogP contribution is -2.50. The molecule has 0 aromatic heterocycles. The summed E-state index contributed by atoms with van der Waals surface area (Å²) in [5.41, 5.74) is 1.08. The second-order valence-electron chi connectivity index (χ2n) is 8.19. The van der Waals surface area contributed by atoms with E-state index in [1.165, 1.54) is 4.31 Å². The third kappa shape index (κ3) is 5.37. The van der Waals surface area contributed by atoms with Gasteiger partial charge < -0.3 is 4.90 Å². The molecule has 4 rings (SSSR count). The van der Waals surface area contributed by atoms with Crippen LogP contribution in [0.25, 0.3) is 0 Å². The molecular formula is C25H20Cl4F2N2O2S. The second kappa shape index (κ2) is 10.5. The van der Waals surface area contributed by atoms with Gasteiger partial charge in [0.2, 0.25) is 10.0 Å². The van der Waals surface area contributed by atoms with E-state index in [1.54, 1.807) is 30.3 Å². The van der Waals surface area contributed by atoms with Crippen LogP contribution in [0.2, 0.25) is 20.1 Å². The van der Waals surface area contributed by atoms with E-state index >= 15 is 0 Å². The Balaban J connectivity index is 1.71. The second-order valence-corrected chi connectivity index (χ2v) is 11.8. The van der Waals surface area contributed by atoms with Gasteiger partial charge in [0.1, 0.15) is 4.90 Å². The first-order chi connectivity index (χ1) is 16.9. The highest BCUT2D eigenvalue weighted by Crippen LogP contribution is 2.39. The van der Waals surface area contributed by atoms with Crippen molar-refractivity contribution in [2.75, 3.05) is 24.5 Å². The van der Waals surface area contributed by atoms with E-state index in [4.69, 9.17) is 46.4 Å². The lowest BCUT2D eigenvalue weighted by molar-refractivity contribution is 0.0525. The third-order valence-electron chi connectivity index (χ3n) is 6.01. The van der Waals surface area contributed by atoms with Gasteiger partial charge in [-0.15, -0.1) is 0 Å². The van der Waals surface area contributed by atoms with Gasteiger partial charge >= 0.3 is 0 Å². The monoisotopic (exact) mass is 590 g/mol. The van der Waals surface area contributed by atoms with Crippen molar-refractivity contribution in [2.45, 2.75) is 16.9 Å². The highest BCUT2D eigenvalue weighted by molar-refractivity contribution is 7.89. The lowest BCUT2D eigenvalue weighted by Gasteiger charge is -2.42. The number of benzene rings is 3. The molecule has 1 unspecified atom stereocenters. The number of nitrogens with zero attached hydrogens (tertiary/aromatic N) is 2. The molecule has 190 valence electrons. The summed E-state index contributed by atoms with van der Waals surface area (Å²) in [5, 5.41) is 1.16. The number of piperazine rings is 1. The number of sulfonamides is 1. The molecule has 11 heteroatoms. The molecule has 1 fully saturated rings. The highest BCUT2D eigenvalue weighted by Gasteiger charge is 2.37. The molecular weight excluding hydrogens is 572 g/mol. The van der Waals surface area contributed by atoms with Crippen LogP contribution >= 0.6 is 46.4 Å². The fourth-order valence-corrected chi connectivity index (χ4v) is 6.72. The Hall–Kier alpha value is -1.87. The van der Waals surface area contributed by atoms with E-state index in [1.807, 2.05) is 17.0 Å². The predicted molar refractivity (Wildman–Crippen MR) is 142 cm³/mol. The molecule has 4 nitrogen and oxygen atoms in total. The van der Waals surface area contributed by atoms with Gasteiger partial charge in [0, 0.05) is 35.2 Å². The lowest BCUT2D eigenvalue weighted by atomic mass is 10.0. The molecule has 0 aliphatic carbocycles. The van der Waals surface area contributed by atoms with Crippen molar-refractivity contribution in [3.8, 4) is 0 Å². The summed E-state index contributed by atoms with van der Waals surface area (Å²) in [5.74, 6) is -3.34. The average Bonchev–Trinajstić information content (AvgIpc) is 2.84. The van der Waals surface area contributed by atoms with Crippen molar-refractivity contribution < 1.29 is 17.2 Å². The molecule has 1 atom stereocenters. The molecule has 3 aromatic rings. The molecule has 0 amide bonds. The van der Waals surface area contributed by atoms with Crippen LogP contribution < -0.4 is 4.90 Å². The summed E-state index contributed by atoms with van der Waals surface area (Å²) in [4.78, 5) is 1.75. The first-order valence-corrected chi connectivity index (χ1v) is 13.7. The molecule has 0 radical (unpaired) electrons. The summed E-state index contributed by atoms with van der Waals surface area (Å²) < 4.78 is 56.5. The molecule has 1 aliphatic rings.